The molecule has 0 bridgehead atoms. The summed E-state index contributed by atoms with van der Waals surface area (Å²) in [5.74, 6) is 0.608. The molecule has 8 heteroatoms. The van der Waals surface area contributed by atoms with E-state index in [4.69, 9.17) is 9.88 Å². The van der Waals surface area contributed by atoms with E-state index in [0.29, 0.717) is 18.0 Å². The lowest BCUT2D eigenvalue weighted by atomic mass is 10.2. The summed E-state index contributed by atoms with van der Waals surface area (Å²) in [5.41, 5.74) is 1.33. The summed E-state index contributed by atoms with van der Waals surface area (Å²) in [6.07, 6.45) is 0.870. The molecule has 4 N–H and O–H groups in total. The Morgan fingerprint density at radius 2 is 1.80 bits per heavy atom. The number of carbonyl (C=O) groups is 1. The van der Waals surface area contributed by atoms with Gasteiger partial charge < -0.3 is 15.4 Å². The van der Waals surface area contributed by atoms with Gasteiger partial charge in [0.15, 0.2) is 0 Å². The Balaban J connectivity index is 1.93. The Kier molecular flexibility index (Phi) is 6.37. The molecule has 2 aromatic carbocycles. The molecule has 0 fully saturated rings. The lowest BCUT2D eigenvalue weighted by molar-refractivity contribution is 0.251. The molecular weight excluding hydrogens is 342 g/mol. The van der Waals surface area contributed by atoms with E-state index in [1.165, 1.54) is 12.1 Å². The van der Waals surface area contributed by atoms with Gasteiger partial charge in [-0.15, -0.1) is 0 Å². The van der Waals surface area contributed by atoms with E-state index in [9.17, 15) is 13.2 Å². The predicted molar refractivity (Wildman–Crippen MR) is 95.9 cm³/mol. The molecule has 25 heavy (non-hydrogen) atoms. The summed E-state index contributed by atoms with van der Waals surface area (Å²) in [5, 5.41) is 10.5. The van der Waals surface area contributed by atoms with Crippen LogP contribution in [-0.4, -0.2) is 21.1 Å². The van der Waals surface area contributed by atoms with Gasteiger partial charge in [-0.1, -0.05) is 31.2 Å². The lowest BCUT2D eigenvalue weighted by Gasteiger charge is -2.12. The van der Waals surface area contributed by atoms with Gasteiger partial charge >= 0.3 is 6.03 Å². The molecule has 134 valence electrons. The maximum absolute atomic E-state index is 12.0. The van der Waals surface area contributed by atoms with Crippen molar-refractivity contribution in [3.63, 3.8) is 0 Å². The molecule has 0 aliphatic rings. The molecule has 0 unspecified atom stereocenters. The highest BCUT2D eigenvalue weighted by Crippen LogP contribution is 2.23. The van der Waals surface area contributed by atoms with Gasteiger partial charge in [0.25, 0.3) is 0 Å². The summed E-state index contributed by atoms with van der Waals surface area (Å²) >= 11 is 0. The number of para-hydroxylation sites is 2. The van der Waals surface area contributed by atoms with Crippen LogP contribution >= 0.6 is 0 Å². The maximum Gasteiger partial charge on any atom is 0.319 e. The SMILES string of the molecule is CCCOc1ccccc1NC(=O)NCc1ccc(S(N)(=O)=O)cc1. The molecule has 0 atom stereocenters. The second-order valence-electron chi connectivity index (χ2n) is 5.34. The number of hydrogen-bond donors (Lipinski definition) is 3. The highest BCUT2D eigenvalue weighted by atomic mass is 32.2. The number of primary sulfonamides is 1. The van der Waals surface area contributed by atoms with Crippen LogP contribution in [0.5, 0.6) is 5.75 Å². The first kappa shape index (κ1) is 18.8. The number of urea groups is 1. The molecule has 2 amide bonds. The summed E-state index contributed by atoms with van der Waals surface area (Å²) in [7, 11) is -3.72. The number of rotatable bonds is 7. The largest absolute Gasteiger partial charge is 0.491 e. The van der Waals surface area contributed by atoms with Crippen molar-refractivity contribution in [3.8, 4) is 5.75 Å². The molecule has 0 saturated carbocycles. The van der Waals surface area contributed by atoms with E-state index >= 15 is 0 Å². The van der Waals surface area contributed by atoms with Crippen molar-refractivity contribution in [2.45, 2.75) is 24.8 Å². The Labute approximate surface area is 147 Å². The maximum atomic E-state index is 12.0. The smallest absolute Gasteiger partial charge is 0.319 e. The van der Waals surface area contributed by atoms with Crippen molar-refractivity contribution in [1.82, 2.24) is 5.32 Å². The number of ether oxygens (including phenoxy) is 1. The minimum atomic E-state index is -3.72. The topological polar surface area (TPSA) is 111 Å². The molecule has 0 aliphatic heterocycles. The third-order valence-corrected chi connectivity index (χ3v) is 4.23. The van der Waals surface area contributed by atoms with E-state index in [1.54, 1.807) is 30.3 Å². The van der Waals surface area contributed by atoms with Crippen molar-refractivity contribution < 1.29 is 17.9 Å². The lowest BCUT2D eigenvalue weighted by Crippen LogP contribution is -2.28. The molecule has 7 nitrogen and oxygen atoms in total. The Morgan fingerprint density at radius 3 is 2.44 bits per heavy atom. The standard InChI is InChI=1S/C17H21N3O4S/c1-2-11-24-16-6-4-3-5-15(16)20-17(21)19-12-13-7-9-14(10-8-13)25(18,22)23/h3-10H,2,11-12H2,1H3,(H2,18,22,23)(H2,19,20,21). The van der Waals surface area contributed by atoms with Crippen LogP contribution in [0.2, 0.25) is 0 Å². The van der Waals surface area contributed by atoms with Crippen LogP contribution in [-0.2, 0) is 16.6 Å². The number of nitrogens with one attached hydrogen (secondary N) is 2. The fourth-order valence-corrected chi connectivity index (χ4v) is 2.57. The van der Waals surface area contributed by atoms with Gasteiger partial charge in [0.05, 0.1) is 17.2 Å². The fraction of sp³-hybridized carbons (Fsp3) is 0.235. The van der Waals surface area contributed by atoms with Crippen LogP contribution in [0, 0.1) is 0 Å². The van der Waals surface area contributed by atoms with Crippen LogP contribution in [0.15, 0.2) is 53.4 Å². The molecule has 2 rings (SSSR count). The molecular formula is C17H21N3O4S. The number of nitrogens with two attached hydrogens (primary N) is 1. The van der Waals surface area contributed by atoms with E-state index in [0.717, 1.165) is 12.0 Å². The highest BCUT2D eigenvalue weighted by Gasteiger charge is 2.09. The molecule has 0 aliphatic carbocycles. The van der Waals surface area contributed by atoms with E-state index in [2.05, 4.69) is 10.6 Å². The van der Waals surface area contributed by atoms with Crippen LogP contribution in [0.25, 0.3) is 0 Å². The number of benzene rings is 2. The first-order valence-electron chi connectivity index (χ1n) is 7.78. The Bertz CT molecular complexity index is 820. The number of anilines is 1. The third-order valence-electron chi connectivity index (χ3n) is 3.30. The normalized spacial score (nSPS) is 11.0. The first-order chi connectivity index (χ1) is 11.9. The van der Waals surface area contributed by atoms with Gasteiger partial charge in [-0.05, 0) is 36.2 Å². The average molecular weight is 363 g/mol. The minimum Gasteiger partial charge on any atom is -0.491 e. The summed E-state index contributed by atoms with van der Waals surface area (Å²) in [6.45, 7) is 2.81. The fourth-order valence-electron chi connectivity index (χ4n) is 2.05. The van der Waals surface area contributed by atoms with Crippen LogP contribution < -0.4 is 20.5 Å². The number of hydrogen-bond acceptors (Lipinski definition) is 4. The number of amides is 2. The zero-order valence-corrected chi connectivity index (χ0v) is 14.7. The van der Waals surface area contributed by atoms with Gasteiger partial charge in [0.2, 0.25) is 10.0 Å². The van der Waals surface area contributed by atoms with Crippen molar-refractivity contribution in [3.05, 3.63) is 54.1 Å². The van der Waals surface area contributed by atoms with Gasteiger partial charge in [0.1, 0.15) is 5.75 Å². The third kappa shape index (κ3) is 5.77. The van der Waals surface area contributed by atoms with E-state index in [1.807, 2.05) is 13.0 Å². The van der Waals surface area contributed by atoms with Gasteiger partial charge in [-0.25, -0.2) is 18.4 Å². The van der Waals surface area contributed by atoms with Crippen molar-refractivity contribution in [2.75, 3.05) is 11.9 Å². The molecule has 0 saturated heterocycles. The second-order valence-corrected chi connectivity index (χ2v) is 6.90. The van der Waals surface area contributed by atoms with Crippen LogP contribution in [0.1, 0.15) is 18.9 Å². The van der Waals surface area contributed by atoms with Crippen LogP contribution in [0.3, 0.4) is 0 Å². The molecule has 0 aromatic heterocycles. The van der Waals surface area contributed by atoms with Crippen LogP contribution in [0.4, 0.5) is 10.5 Å². The van der Waals surface area contributed by atoms with Gasteiger partial charge in [-0.3, -0.25) is 0 Å². The van der Waals surface area contributed by atoms with Crippen molar-refractivity contribution in [2.24, 2.45) is 5.14 Å². The summed E-state index contributed by atoms with van der Waals surface area (Å²) in [4.78, 5) is 12.1. The average Bonchev–Trinajstić information content (AvgIpc) is 2.59. The molecule has 2 aromatic rings. The van der Waals surface area contributed by atoms with Gasteiger partial charge in [0, 0.05) is 6.54 Å². The first-order valence-corrected chi connectivity index (χ1v) is 9.33. The monoisotopic (exact) mass is 363 g/mol. The zero-order chi connectivity index (χ0) is 18.3. The minimum absolute atomic E-state index is 0.0303. The molecule has 0 radical (unpaired) electrons. The predicted octanol–water partition coefficient (Wildman–Crippen LogP) is 2.44. The highest BCUT2D eigenvalue weighted by molar-refractivity contribution is 7.89. The Hall–Kier alpha value is -2.58. The van der Waals surface area contributed by atoms with E-state index in [-0.39, 0.29) is 17.5 Å². The van der Waals surface area contributed by atoms with Crippen molar-refractivity contribution in [1.29, 1.82) is 0 Å². The zero-order valence-electron chi connectivity index (χ0n) is 13.9. The summed E-state index contributed by atoms with van der Waals surface area (Å²) < 4.78 is 28.0. The number of sulfonamides is 1. The Morgan fingerprint density at radius 1 is 1.12 bits per heavy atom. The molecule has 0 heterocycles. The molecule has 0 spiro atoms. The number of carbonyl (C=O) groups excluding carboxylic acids is 1. The summed E-state index contributed by atoms with van der Waals surface area (Å²) in [6, 6.07) is 12.8. The second kappa shape index (κ2) is 8.50. The quantitative estimate of drug-likeness (QED) is 0.701. The van der Waals surface area contributed by atoms with Crippen molar-refractivity contribution >= 4 is 21.7 Å². The van der Waals surface area contributed by atoms with E-state index < -0.39 is 10.0 Å². The van der Waals surface area contributed by atoms with Gasteiger partial charge in [-0.2, -0.15) is 0 Å².